The van der Waals surface area contributed by atoms with E-state index in [2.05, 4.69) is 30.2 Å². The van der Waals surface area contributed by atoms with Crippen molar-refractivity contribution in [2.45, 2.75) is 45.4 Å². The number of pyridine rings is 1. The summed E-state index contributed by atoms with van der Waals surface area (Å²) < 4.78 is 63.4. The maximum absolute atomic E-state index is 15.0. The van der Waals surface area contributed by atoms with Gasteiger partial charge in [0.05, 0.1) is 30.2 Å². The molecule has 14 heteroatoms. The molecule has 228 valence electrons. The number of sulfonamides is 1. The van der Waals surface area contributed by atoms with E-state index in [1.165, 1.54) is 16.6 Å². The molecule has 0 saturated carbocycles. The van der Waals surface area contributed by atoms with E-state index >= 15 is 4.39 Å². The first-order chi connectivity index (χ1) is 20.4. The standard InChI is InChI=1S/C29H34F2N8O3S/c1-18(2)39-19(3)34-27-22(30)11-21(12-24(27)39)26-23(31)14-33-28(36-26)35-25-6-5-20(13-32-25)15-37-9-10-42-29(16-37)7-8-38(17-29)43(4,40)41/h5-6,11-14,18H,7-10,15-17H2,1-4H3,(H,32,33,35,36)/t29-/m0/s1. The van der Waals surface area contributed by atoms with Gasteiger partial charge in [0.1, 0.15) is 22.9 Å². The quantitative estimate of drug-likeness (QED) is 0.330. The molecule has 0 aliphatic carbocycles. The van der Waals surface area contributed by atoms with Crippen molar-refractivity contribution in [3.63, 3.8) is 0 Å². The summed E-state index contributed by atoms with van der Waals surface area (Å²) in [6, 6.07) is 6.69. The van der Waals surface area contributed by atoms with E-state index in [9.17, 15) is 12.8 Å². The fraction of sp³-hybridized carbons (Fsp3) is 0.448. The molecule has 2 aliphatic heterocycles. The van der Waals surface area contributed by atoms with Crippen LogP contribution in [0.3, 0.4) is 0 Å². The number of hydrogen-bond acceptors (Lipinski definition) is 9. The van der Waals surface area contributed by atoms with Gasteiger partial charge in [-0.15, -0.1) is 0 Å². The van der Waals surface area contributed by atoms with Gasteiger partial charge in [0, 0.05) is 50.5 Å². The molecule has 1 aromatic carbocycles. The summed E-state index contributed by atoms with van der Waals surface area (Å²) in [5.41, 5.74) is 1.53. The molecule has 11 nitrogen and oxygen atoms in total. The summed E-state index contributed by atoms with van der Waals surface area (Å²) in [6.45, 7) is 9.13. The minimum Gasteiger partial charge on any atom is -0.371 e. The number of nitrogens with zero attached hydrogens (tertiary/aromatic N) is 7. The minimum atomic E-state index is -3.25. The minimum absolute atomic E-state index is 0.0355. The Labute approximate surface area is 249 Å². The predicted molar refractivity (Wildman–Crippen MR) is 158 cm³/mol. The third kappa shape index (κ3) is 5.96. The summed E-state index contributed by atoms with van der Waals surface area (Å²) >= 11 is 0. The summed E-state index contributed by atoms with van der Waals surface area (Å²) in [7, 11) is -3.25. The van der Waals surface area contributed by atoms with Crippen LogP contribution < -0.4 is 5.32 Å². The molecule has 1 atom stereocenters. The normalized spacial score (nSPS) is 20.1. The number of anilines is 2. The van der Waals surface area contributed by atoms with Crippen LogP contribution in [0.1, 0.15) is 37.7 Å². The molecule has 1 N–H and O–H groups in total. The smallest absolute Gasteiger partial charge is 0.229 e. The van der Waals surface area contributed by atoms with Crippen LogP contribution in [0.25, 0.3) is 22.3 Å². The lowest BCUT2D eigenvalue weighted by molar-refractivity contribution is -0.101. The SMILES string of the molecule is Cc1nc2c(F)cc(-c3nc(Nc4ccc(CN5CCO[C@@]6(CCN(S(C)(=O)=O)C6)C5)cn4)ncc3F)cc2n1C(C)C. The second-order valence-corrected chi connectivity index (χ2v) is 13.6. The van der Waals surface area contributed by atoms with Crippen molar-refractivity contribution in [1.82, 2.24) is 33.7 Å². The van der Waals surface area contributed by atoms with Gasteiger partial charge in [0.25, 0.3) is 0 Å². The highest BCUT2D eigenvalue weighted by molar-refractivity contribution is 7.88. The van der Waals surface area contributed by atoms with Gasteiger partial charge in [-0.05, 0) is 51.0 Å². The Morgan fingerprint density at radius 3 is 2.58 bits per heavy atom. The zero-order valence-electron chi connectivity index (χ0n) is 24.5. The lowest BCUT2D eigenvalue weighted by atomic mass is 10.0. The Hall–Kier alpha value is -3.59. The third-order valence-electron chi connectivity index (χ3n) is 8.01. The molecule has 0 unspecified atom stereocenters. The van der Waals surface area contributed by atoms with Crippen LogP contribution >= 0.6 is 0 Å². The van der Waals surface area contributed by atoms with Crippen molar-refractivity contribution in [3.8, 4) is 11.3 Å². The molecule has 0 bridgehead atoms. The maximum Gasteiger partial charge on any atom is 0.229 e. The summed E-state index contributed by atoms with van der Waals surface area (Å²) in [5.74, 6) is 0.0371. The lowest BCUT2D eigenvalue weighted by Crippen LogP contribution is -2.53. The highest BCUT2D eigenvalue weighted by Gasteiger charge is 2.45. The van der Waals surface area contributed by atoms with Gasteiger partial charge in [-0.25, -0.2) is 37.1 Å². The molecular formula is C29H34F2N8O3S. The van der Waals surface area contributed by atoms with E-state index in [4.69, 9.17) is 4.74 Å². The second kappa shape index (κ2) is 11.2. The molecule has 4 aromatic rings. The first-order valence-electron chi connectivity index (χ1n) is 14.2. The van der Waals surface area contributed by atoms with Crippen molar-refractivity contribution in [2.24, 2.45) is 0 Å². The number of fused-ring (bicyclic) bond motifs is 1. The number of ether oxygens (including phenoxy) is 1. The number of hydrogen-bond donors (Lipinski definition) is 1. The highest BCUT2D eigenvalue weighted by atomic mass is 32.2. The maximum atomic E-state index is 15.0. The Bertz CT molecular complexity index is 1780. The zero-order chi connectivity index (χ0) is 30.5. The van der Waals surface area contributed by atoms with Gasteiger partial charge in [0.2, 0.25) is 16.0 Å². The molecular weight excluding hydrogens is 578 g/mol. The van der Waals surface area contributed by atoms with Gasteiger partial charge >= 0.3 is 0 Å². The average molecular weight is 613 g/mol. The molecule has 0 amide bonds. The highest BCUT2D eigenvalue weighted by Crippen LogP contribution is 2.32. The van der Waals surface area contributed by atoms with Gasteiger partial charge in [0.15, 0.2) is 11.6 Å². The van der Waals surface area contributed by atoms with Crippen LogP contribution in [-0.2, 0) is 21.3 Å². The van der Waals surface area contributed by atoms with E-state index in [1.54, 1.807) is 18.3 Å². The van der Waals surface area contributed by atoms with Gasteiger partial charge in [-0.1, -0.05) is 6.07 Å². The van der Waals surface area contributed by atoms with E-state index in [0.717, 1.165) is 18.3 Å². The van der Waals surface area contributed by atoms with Crippen LogP contribution in [0.5, 0.6) is 0 Å². The fourth-order valence-corrected chi connectivity index (χ4v) is 6.94. The molecule has 1 spiro atoms. The molecule has 2 fully saturated rings. The number of nitrogens with one attached hydrogen (secondary N) is 1. The molecule has 2 saturated heterocycles. The Morgan fingerprint density at radius 2 is 1.88 bits per heavy atom. The van der Waals surface area contributed by atoms with Crippen molar-refractivity contribution < 1.29 is 21.9 Å². The predicted octanol–water partition coefficient (Wildman–Crippen LogP) is 4.04. The first-order valence-corrected chi connectivity index (χ1v) is 16.0. The van der Waals surface area contributed by atoms with Gasteiger partial charge < -0.3 is 14.6 Å². The van der Waals surface area contributed by atoms with Crippen LogP contribution in [0.2, 0.25) is 0 Å². The molecule has 0 radical (unpaired) electrons. The Morgan fingerprint density at radius 1 is 1.07 bits per heavy atom. The monoisotopic (exact) mass is 612 g/mol. The average Bonchev–Trinajstić information content (AvgIpc) is 3.51. The van der Waals surface area contributed by atoms with Crippen molar-refractivity contribution in [1.29, 1.82) is 0 Å². The van der Waals surface area contributed by atoms with Crippen LogP contribution in [0, 0.1) is 18.6 Å². The summed E-state index contributed by atoms with van der Waals surface area (Å²) in [5, 5.41) is 3.01. The fourth-order valence-electron chi connectivity index (χ4n) is 6.05. The topological polar surface area (TPSA) is 118 Å². The summed E-state index contributed by atoms with van der Waals surface area (Å²) in [4.78, 5) is 19.5. The second-order valence-electron chi connectivity index (χ2n) is 11.6. The van der Waals surface area contributed by atoms with Crippen LogP contribution in [-0.4, -0.2) is 86.8 Å². The van der Waals surface area contributed by atoms with E-state index in [-0.39, 0.29) is 28.8 Å². The van der Waals surface area contributed by atoms with E-state index in [1.807, 2.05) is 31.4 Å². The zero-order valence-corrected chi connectivity index (χ0v) is 25.3. The number of halogens is 2. The molecule has 43 heavy (non-hydrogen) atoms. The molecule has 5 heterocycles. The number of rotatable bonds is 7. The lowest BCUT2D eigenvalue weighted by Gasteiger charge is -2.40. The van der Waals surface area contributed by atoms with E-state index < -0.39 is 27.3 Å². The van der Waals surface area contributed by atoms with E-state index in [0.29, 0.717) is 56.4 Å². The molecule has 3 aromatic heterocycles. The Balaban J connectivity index is 1.16. The molecule has 2 aliphatic rings. The summed E-state index contributed by atoms with van der Waals surface area (Å²) in [6.07, 6.45) is 4.69. The number of morpholine rings is 1. The van der Waals surface area contributed by atoms with Crippen LogP contribution in [0.15, 0.2) is 36.7 Å². The van der Waals surface area contributed by atoms with Crippen molar-refractivity contribution in [2.75, 3.05) is 44.4 Å². The Kier molecular flexibility index (Phi) is 7.65. The molecule has 6 rings (SSSR count). The number of aryl methyl sites for hydroxylation is 1. The number of benzene rings is 1. The third-order valence-corrected chi connectivity index (χ3v) is 9.26. The van der Waals surface area contributed by atoms with Gasteiger partial charge in [-0.3, -0.25) is 4.90 Å². The number of aromatic nitrogens is 5. The van der Waals surface area contributed by atoms with Gasteiger partial charge in [-0.2, -0.15) is 4.31 Å². The number of imidazole rings is 1. The largest absolute Gasteiger partial charge is 0.371 e. The van der Waals surface area contributed by atoms with Crippen molar-refractivity contribution >= 4 is 32.8 Å². The first kappa shape index (κ1) is 29.5. The van der Waals surface area contributed by atoms with Crippen molar-refractivity contribution in [3.05, 3.63) is 59.7 Å². The van der Waals surface area contributed by atoms with Crippen LogP contribution in [0.4, 0.5) is 20.5 Å².